The van der Waals surface area contributed by atoms with Crippen LogP contribution in [0.4, 0.5) is 0 Å². The van der Waals surface area contributed by atoms with E-state index in [1.165, 1.54) is 5.56 Å². The van der Waals surface area contributed by atoms with Gasteiger partial charge in [0.2, 0.25) is 0 Å². The monoisotopic (exact) mass is 283 g/mol. The second-order valence-corrected chi connectivity index (χ2v) is 5.54. The molecule has 4 nitrogen and oxygen atoms in total. The van der Waals surface area contributed by atoms with Crippen LogP contribution in [0.5, 0.6) is 0 Å². The average Bonchev–Trinajstić information content (AvgIpc) is 3.06. The Balaban J connectivity index is 1.83. The van der Waals surface area contributed by atoms with E-state index in [9.17, 15) is 0 Å². The van der Waals surface area contributed by atoms with Gasteiger partial charge in [-0.25, -0.2) is 4.98 Å². The highest BCUT2D eigenvalue weighted by atomic mass is 16.3. The third kappa shape index (κ3) is 2.85. The van der Waals surface area contributed by atoms with Gasteiger partial charge in [0.1, 0.15) is 17.2 Å². The van der Waals surface area contributed by atoms with Crippen molar-refractivity contribution in [1.82, 2.24) is 9.55 Å². The predicted octanol–water partition coefficient (Wildman–Crippen LogP) is 3.59. The number of fused-ring (bicyclic) bond motifs is 1. The van der Waals surface area contributed by atoms with Crippen LogP contribution in [0.3, 0.4) is 0 Å². The SMILES string of the molecule is CCCn1ccnc1CC(N)c1cc2cc(C)ccc2o1. The number of benzene rings is 1. The Morgan fingerprint density at radius 1 is 1.33 bits per heavy atom. The molecule has 0 spiro atoms. The van der Waals surface area contributed by atoms with Gasteiger partial charge in [-0.3, -0.25) is 0 Å². The molecule has 0 fully saturated rings. The molecule has 2 aromatic heterocycles. The highest BCUT2D eigenvalue weighted by molar-refractivity contribution is 5.78. The topological polar surface area (TPSA) is 57.0 Å². The highest BCUT2D eigenvalue weighted by Gasteiger charge is 2.15. The maximum atomic E-state index is 6.31. The quantitative estimate of drug-likeness (QED) is 0.778. The van der Waals surface area contributed by atoms with Crippen LogP contribution >= 0.6 is 0 Å². The second-order valence-electron chi connectivity index (χ2n) is 5.54. The Kier molecular flexibility index (Phi) is 3.80. The maximum Gasteiger partial charge on any atom is 0.134 e. The number of nitrogens with two attached hydrogens (primary N) is 1. The summed E-state index contributed by atoms with van der Waals surface area (Å²) in [6.45, 7) is 5.21. The molecule has 3 aromatic rings. The van der Waals surface area contributed by atoms with Crippen molar-refractivity contribution < 1.29 is 4.42 Å². The molecule has 0 saturated heterocycles. The first-order valence-electron chi connectivity index (χ1n) is 7.43. The molecular weight excluding hydrogens is 262 g/mol. The lowest BCUT2D eigenvalue weighted by Crippen LogP contribution is -2.16. The number of imidazole rings is 1. The zero-order chi connectivity index (χ0) is 14.8. The van der Waals surface area contributed by atoms with Crippen molar-refractivity contribution in [2.24, 2.45) is 5.73 Å². The minimum absolute atomic E-state index is 0.171. The fraction of sp³-hybridized carbons (Fsp3) is 0.353. The van der Waals surface area contributed by atoms with Crippen LogP contribution in [-0.4, -0.2) is 9.55 Å². The third-order valence-electron chi connectivity index (χ3n) is 3.73. The summed E-state index contributed by atoms with van der Waals surface area (Å²) in [5.41, 5.74) is 8.42. The molecule has 0 bridgehead atoms. The Labute approximate surface area is 124 Å². The summed E-state index contributed by atoms with van der Waals surface area (Å²) in [7, 11) is 0. The molecule has 1 atom stereocenters. The lowest BCUT2D eigenvalue weighted by Gasteiger charge is -2.10. The maximum absolute atomic E-state index is 6.31. The van der Waals surface area contributed by atoms with Crippen molar-refractivity contribution in [3.63, 3.8) is 0 Å². The van der Waals surface area contributed by atoms with E-state index >= 15 is 0 Å². The van der Waals surface area contributed by atoms with Gasteiger partial charge in [0, 0.05) is 30.7 Å². The lowest BCUT2D eigenvalue weighted by atomic mass is 10.1. The molecule has 2 N–H and O–H groups in total. The summed E-state index contributed by atoms with van der Waals surface area (Å²) < 4.78 is 8.03. The zero-order valence-electron chi connectivity index (χ0n) is 12.5. The minimum atomic E-state index is -0.171. The Hall–Kier alpha value is -2.07. The molecule has 0 saturated carbocycles. The highest BCUT2D eigenvalue weighted by Crippen LogP contribution is 2.25. The van der Waals surface area contributed by atoms with Crippen molar-refractivity contribution in [3.8, 4) is 0 Å². The van der Waals surface area contributed by atoms with Crippen molar-refractivity contribution in [1.29, 1.82) is 0 Å². The molecule has 3 rings (SSSR count). The van der Waals surface area contributed by atoms with Crippen LogP contribution < -0.4 is 5.73 Å². The van der Waals surface area contributed by atoms with E-state index in [1.54, 1.807) is 0 Å². The number of rotatable bonds is 5. The average molecular weight is 283 g/mol. The summed E-state index contributed by atoms with van der Waals surface area (Å²) >= 11 is 0. The summed E-state index contributed by atoms with van der Waals surface area (Å²) in [4.78, 5) is 4.41. The van der Waals surface area contributed by atoms with Gasteiger partial charge in [-0.05, 0) is 31.5 Å². The number of hydrogen-bond acceptors (Lipinski definition) is 3. The molecule has 0 radical (unpaired) electrons. The van der Waals surface area contributed by atoms with E-state index in [-0.39, 0.29) is 6.04 Å². The summed E-state index contributed by atoms with van der Waals surface area (Å²) in [5, 5.41) is 1.11. The first-order chi connectivity index (χ1) is 10.2. The van der Waals surface area contributed by atoms with E-state index in [1.807, 2.05) is 24.5 Å². The zero-order valence-corrected chi connectivity index (χ0v) is 12.5. The first kappa shape index (κ1) is 13.9. The Bertz CT molecular complexity index is 741. The van der Waals surface area contributed by atoms with Crippen LogP contribution in [0, 0.1) is 6.92 Å². The largest absolute Gasteiger partial charge is 0.459 e. The fourth-order valence-corrected chi connectivity index (χ4v) is 2.64. The molecule has 0 aliphatic heterocycles. The standard InChI is InChI=1S/C17H21N3O/c1-3-7-20-8-6-19-17(20)11-14(18)16-10-13-9-12(2)4-5-15(13)21-16/h4-6,8-10,14H,3,7,11,18H2,1-2H3. The number of aromatic nitrogens is 2. The molecule has 2 heterocycles. The van der Waals surface area contributed by atoms with Crippen molar-refractivity contribution in [3.05, 3.63) is 53.8 Å². The Morgan fingerprint density at radius 2 is 2.19 bits per heavy atom. The molecular formula is C17H21N3O. The predicted molar refractivity (Wildman–Crippen MR) is 84.1 cm³/mol. The molecule has 1 unspecified atom stereocenters. The van der Waals surface area contributed by atoms with Gasteiger partial charge in [-0.1, -0.05) is 18.6 Å². The number of nitrogens with zero attached hydrogens (tertiary/aromatic N) is 2. The Morgan fingerprint density at radius 3 is 3.00 bits per heavy atom. The second kappa shape index (κ2) is 5.74. The third-order valence-corrected chi connectivity index (χ3v) is 3.73. The molecule has 0 amide bonds. The molecule has 0 aliphatic rings. The minimum Gasteiger partial charge on any atom is -0.459 e. The number of hydrogen-bond donors (Lipinski definition) is 1. The van der Waals surface area contributed by atoms with Crippen molar-refractivity contribution >= 4 is 11.0 Å². The van der Waals surface area contributed by atoms with Crippen LogP contribution in [0.25, 0.3) is 11.0 Å². The summed E-state index contributed by atoms with van der Waals surface area (Å²) in [6, 6.07) is 8.04. The van der Waals surface area contributed by atoms with Gasteiger partial charge in [0.05, 0.1) is 6.04 Å². The number of aryl methyl sites for hydroxylation is 2. The fourth-order valence-electron chi connectivity index (χ4n) is 2.64. The normalized spacial score (nSPS) is 12.9. The van der Waals surface area contributed by atoms with Gasteiger partial charge in [-0.2, -0.15) is 0 Å². The van der Waals surface area contributed by atoms with Gasteiger partial charge < -0.3 is 14.7 Å². The van der Waals surface area contributed by atoms with E-state index in [2.05, 4.69) is 35.5 Å². The summed E-state index contributed by atoms with van der Waals surface area (Å²) in [5.74, 6) is 1.84. The smallest absolute Gasteiger partial charge is 0.134 e. The first-order valence-corrected chi connectivity index (χ1v) is 7.43. The van der Waals surface area contributed by atoms with Gasteiger partial charge >= 0.3 is 0 Å². The van der Waals surface area contributed by atoms with Crippen LogP contribution in [0.1, 0.15) is 36.5 Å². The molecule has 110 valence electrons. The molecule has 0 aliphatic carbocycles. The van der Waals surface area contributed by atoms with Gasteiger partial charge in [0.25, 0.3) is 0 Å². The van der Waals surface area contributed by atoms with Crippen molar-refractivity contribution in [2.45, 2.75) is 39.3 Å². The molecule has 4 heteroatoms. The number of furan rings is 1. The van der Waals surface area contributed by atoms with E-state index < -0.39 is 0 Å². The van der Waals surface area contributed by atoms with E-state index in [0.29, 0.717) is 6.42 Å². The van der Waals surface area contributed by atoms with E-state index in [0.717, 1.165) is 35.5 Å². The molecule has 1 aromatic carbocycles. The molecule has 21 heavy (non-hydrogen) atoms. The van der Waals surface area contributed by atoms with E-state index in [4.69, 9.17) is 10.2 Å². The van der Waals surface area contributed by atoms with Gasteiger partial charge in [0.15, 0.2) is 0 Å². The van der Waals surface area contributed by atoms with Crippen LogP contribution in [0.15, 0.2) is 41.1 Å². The summed E-state index contributed by atoms with van der Waals surface area (Å²) in [6.07, 6.45) is 5.61. The lowest BCUT2D eigenvalue weighted by molar-refractivity contribution is 0.481. The van der Waals surface area contributed by atoms with Crippen LogP contribution in [0.2, 0.25) is 0 Å². The van der Waals surface area contributed by atoms with Gasteiger partial charge in [-0.15, -0.1) is 0 Å². The van der Waals surface area contributed by atoms with Crippen molar-refractivity contribution in [2.75, 3.05) is 0 Å². The van der Waals surface area contributed by atoms with Crippen LogP contribution in [-0.2, 0) is 13.0 Å².